The first kappa shape index (κ1) is 35.1. The molecule has 3 aromatic rings. The first-order chi connectivity index (χ1) is 22.0. The van der Waals surface area contributed by atoms with Gasteiger partial charge in [0, 0.05) is 19.4 Å². The maximum atomic E-state index is 13.7. The van der Waals surface area contributed by atoms with E-state index in [1.165, 1.54) is 12.1 Å². The van der Waals surface area contributed by atoms with Crippen LogP contribution in [-0.2, 0) is 38.4 Å². The van der Waals surface area contributed by atoms with Crippen molar-refractivity contribution in [1.29, 1.82) is 0 Å². The molecule has 13 heteroatoms. The Bertz CT molecular complexity index is 1460. The fourth-order valence-electron chi connectivity index (χ4n) is 4.68. The van der Waals surface area contributed by atoms with Crippen LogP contribution in [0.1, 0.15) is 29.5 Å². The lowest BCUT2D eigenvalue weighted by molar-refractivity contribution is -0.142. The standard InChI is InChI=1S/C33H41N7O6/c34-25(18-21-8-3-1-4-9-21)29(42)39-27(19-22-10-5-2-6-11-22)31(44)38-26(12-7-17-37-33(35)36)30(43)40-28(32(45)46)20-23-13-15-24(41)16-14-23/h1-6,8-11,13-16,25-28,41H,7,12,17-20,34H2,(H,38,44)(H,39,42)(H,40,43)(H,45,46)(H4,35,36,37). The van der Waals surface area contributed by atoms with Crippen LogP contribution in [0.25, 0.3) is 0 Å². The number of phenolic OH excluding ortho intramolecular Hbond substituents is 1. The number of guanidine groups is 1. The van der Waals surface area contributed by atoms with Crippen LogP contribution in [0.2, 0.25) is 0 Å². The number of nitrogens with zero attached hydrogens (tertiary/aromatic N) is 1. The summed E-state index contributed by atoms with van der Waals surface area (Å²) in [7, 11) is 0. The second-order valence-electron chi connectivity index (χ2n) is 10.8. The Morgan fingerprint density at radius 1 is 0.652 bits per heavy atom. The monoisotopic (exact) mass is 631 g/mol. The van der Waals surface area contributed by atoms with Gasteiger partial charge in [0.05, 0.1) is 6.04 Å². The van der Waals surface area contributed by atoms with Crippen molar-refractivity contribution in [1.82, 2.24) is 16.0 Å². The van der Waals surface area contributed by atoms with Crippen molar-refractivity contribution in [3.63, 3.8) is 0 Å². The topological polar surface area (TPSA) is 235 Å². The van der Waals surface area contributed by atoms with Crippen LogP contribution in [-0.4, -0.2) is 70.6 Å². The molecule has 0 bridgehead atoms. The molecule has 0 saturated carbocycles. The maximum Gasteiger partial charge on any atom is 0.326 e. The number of hydrogen-bond acceptors (Lipinski definition) is 7. The summed E-state index contributed by atoms with van der Waals surface area (Å²) in [6.45, 7) is 0.163. The summed E-state index contributed by atoms with van der Waals surface area (Å²) < 4.78 is 0. The van der Waals surface area contributed by atoms with E-state index in [1.807, 2.05) is 36.4 Å². The largest absolute Gasteiger partial charge is 0.508 e. The SMILES string of the molecule is NC(N)=NCCCC(NC(=O)C(Cc1ccccc1)NC(=O)C(N)Cc1ccccc1)C(=O)NC(Cc1ccc(O)cc1)C(=O)O. The van der Waals surface area contributed by atoms with E-state index in [1.54, 1.807) is 36.4 Å². The van der Waals surface area contributed by atoms with Gasteiger partial charge in [-0.3, -0.25) is 19.4 Å². The second kappa shape index (κ2) is 17.8. The molecular formula is C33H41N7O6. The van der Waals surface area contributed by atoms with E-state index in [0.717, 1.165) is 11.1 Å². The Morgan fingerprint density at radius 3 is 1.70 bits per heavy atom. The molecule has 0 saturated heterocycles. The number of carboxylic acid groups (broad SMARTS) is 1. The van der Waals surface area contributed by atoms with E-state index in [0.29, 0.717) is 5.56 Å². The fourth-order valence-corrected chi connectivity index (χ4v) is 4.68. The summed E-state index contributed by atoms with van der Waals surface area (Å²) in [5.41, 5.74) is 19.2. The van der Waals surface area contributed by atoms with E-state index in [4.69, 9.17) is 17.2 Å². The van der Waals surface area contributed by atoms with Gasteiger partial charge in [-0.15, -0.1) is 0 Å². The molecule has 11 N–H and O–H groups in total. The molecule has 13 nitrogen and oxygen atoms in total. The lowest BCUT2D eigenvalue weighted by atomic mass is 10.0. The zero-order chi connectivity index (χ0) is 33.5. The fraction of sp³-hybridized carbons (Fsp3) is 0.303. The van der Waals surface area contributed by atoms with Crippen LogP contribution in [0.5, 0.6) is 5.75 Å². The molecule has 0 heterocycles. The molecule has 0 aliphatic carbocycles. The van der Waals surface area contributed by atoms with Crippen LogP contribution in [0, 0.1) is 0 Å². The highest BCUT2D eigenvalue weighted by atomic mass is 16.4. The maximum absolute atomic E-state index is 13.7. The van der Waals surface area contributed by atoms with Gasteiger partial charge >= 0.3 is 5.97 Å². The number of amides is 3. The molecule has 0 fully saturated rings. The number of nitrogens with two attached hydrogens (primary N) is 3. The molecule has 3 rings (SSSR count). The second-order valence-corrected chi connectivity index (χ2v) is 10.8. The zero-order valence-corrected chi connectivity index (χ0v) is 25.3. The third kappa shape index (κ3) is 11.9. The number of rotatable bonds is 17. The molecule has 4 unspecified atom stereocenters. The summed E-state index contributed by atoms with van der Waals surface area (Å²) in [5.74, 6) is -3.35. The van der Waals surface area contributed by atoms with Crippen molar-refractivity contribution in [2.24, 2.45) is 22.2 Å². The predicted octanol–water partition coefficient (Wildman–Crippen LogP) is 0.340. The predicted molar refractivity (Wildman–Crippen MR) is 173 cm³/mol. The number of benzene rings is 3. The lowest BCUT2D eigenvalue weighted by Crippen LogP contribution is -2.58. The Kier molecular flexibility index (Phi) is 13.5. The normalized spacial score (nSPS) is 13.3. The van der Waals surface area contributed by atoms with Gasteiger partial charge in [-0.25, -0.2) is 4.79 Å². The smallest absolute Gasteiger partial charge is 0.326 e. The average Bonchev–Trinajstić information content (AvgIpc) is 3.03. The number of aliphatic carboxylic acids is 1. The van der Waals surface area contributed by atoms with Crippen molar-refractivity contribution in [2.75, 3.05) is 6.54 Å². The molecule has 3 amide bonds. The van der Waals surface area contributed by atoms with Gasteiger partial charge in [-0.05, 0) is 48.1 Å². The van der Waals surface area contributed by atoms with Gasteiger partial charge in [-0.1, -0.05) is 72.8 Å². The van der Waals surface area contributed by atoms with Gasteiger partial charge in [0.1, 0.15) is 23.9 Å². The number of carboxylic acids is 1. The number of carbonyl (C=O) groups excluding carboxylic acids is 3. The van der Waals surface area contributed by atoms with Gasteiger partial charge in [0.15, 0.2) is 5.96 Å². The van der Waals surface area contributed by atoms with Crippen molar-refractivity contribution >= 4 is 29.7 Å². The minimum atomic E-state index is -1.33. The van der Waals surface area contributed by atoms with E-state index in [9.17, 15) is 29.4 Å². The number of phenols is 1. The first-order valence-electron chi connectivity index (χ1n) is 14.8. The third-order valence-corrected chi connectivity index (χ3v) is 7.12. The summed E-state index contributed by atoms with van der Waals surface area (Å²) in [6.07, 6.45) is 0.641. The molecule has 0 radical (unpaired) electrons. The van der Waals surface area contributed by atoms with Crippen LogP contribution in [0.3, 0.4) is 0 Å². The Labute approximate surface area is 267 Å². The van der Waals surface area contributed by atoms with Gasteiger partial charge in [0.25, 0.3) is 0 Å². The van der Waals surface area contributed by atoms with Crippen molar-refractivity contribution in [2.45, 2.75) is 56.3 Å². The summed E-state index contributed by atoms with van der Waals surface area (Å²) in [5, 5.41) is 27.3. The molecule has 3 aromatic carbocycles. The van der Waals surface area contributed by atoms with Crippen molar-refractivity contribution in [3.05, 3.63) is 102 Å². The number of hydrogen-bond donors (Lipinski definition) is 8. The number of aromatic hydroxyl groups is 1. The highest BCUT2D eigenvalue weighted by molar-refractivity contribution is 5.94. The Hall–Kier alpha value is -5.43. The van der Waals surface area contributed by atoms with Crippen LogP contribution < -0.4 is 33.2 Å². The molecule has 0 aliphatic heterocycles. The van der Waals surface area contributed by atoms with Gasteiger partial charge in [0.2, 0.25) is 17.7 Å². The Balaban J connectivity index is 1.79. The molecule has 0 aromatic heterocycles. The first-order valence-corrected chi connectivity index (χ1v) is 14.8. The summed E-state index contributed by atoms with van der Waals surface area (Å²) >= 11 is 0. The number of nitrogens with one attached hydrogen (secondary N) is 3. The molecule has 0 spiro atoms. The zero-order valence-electron chi connectivity index (χ0n) is 25.3. The minimum absolute atomic E-state index is 0.0152. The number of aliphatic imine (C=N–C) groups is 1. The highest BCUT2D eigenvalue weighted by Gasteiger charge is 2.30. The molecule has 4 atom stereocenters. The van der Waals surface area contributed by atoms with E-state index >= 15 is 0 Å². The lowest BCUT2D eigenvalue weighted by Gasteiger charge is -2.25. The molecule has 46 heavy (non-hydrogen) atoms. The van der Waals surface area contributed by atoms with Crippen molar-refractivity contribution < 1.29 is 29.4 Å². The van der Waals surface area contributed by atoms with E-state index in [2.05, 4.69) is 20.9 Å². The molecule has 244 valence electrons. The van der Waals surface area contributed by atoms with Crippen LogP contribution in [0.15, 0.2) is 89.9 Å². The Morgan fingerprint density at radius 2 is 1.13 bits per heavy atom. The molecule has 0 aliphatic rings. The highest BCUT2D eigenvalue weighted by Crippen LogP contribution is 2.12. The van der Waals surface area contributed by atoms with Crippen LogP contribution >= 0.6 is 0 Å². The van der Waals surface area contributed by atoms with Gasteiger partial charge < -0.3 is 43.4 Å². The van der Waals surface area contributed by atoms with E-state index < -0.39 is 47.9 Å². The van der Waals surface area contributed by atoms with Gasteiger partial charge in [-0.2, -0.15) is 0 Å². The van der Waals surface area contributed by atoms with Crippen LogP contribution in [0.4, 0.5) is 0 Å². The molecular weight excluding hydrogens is 590 g/mol. The minimum Gasteiger partial charge on any atom is -0.508 e. The third-order valence-electron chi connectivity index (χ3n) is 7.12. The van der Waals surface area contributed by atoms with Crippen molar-refractivity contribution in [3.8, 4) is 5.75 Å². The average molecular weight is 632 g/mol. The van der Waals surface area contributed by atoms with E-state index in [-0.39, 0.29) is 50.4 Å². The summed E-state index contributed by atoms with van der Waals surface area (Å²) in [4.78, 5) is 56.3. The number of carbonyl (C=O) groups is 4. The quantitative estimate of drug-likeness (QED) is 0.0582. The summed E-state index contributed by atoms with van der Waals surface area (Å²) in [6, 6.07) is 19.6.